The zero-order valence-corrected chi connectivity index (χ0v) is 18.2. The van der Waals surface area contributed by atoms with Gasteiger partial charge < -0.3 is 16.0 Å². The molecule has 3 fully saturated rings. The van der Waals surface area contributed by atoms with Gasteiger partial charge in [-0.15, -0.1) is 24.8 Å². The molecule has 0 spiro atoms. The van der Waals surface area contributed by atoms with Gasteiger partial charge in [0.15, 0.2) is 0 Å². The number of hydrogen-bond donors (Lipinski definition) is 2. The molecule has 3 rings (SSSR count). The van der Waals surface area contributed by atoms with Crippen molar-refractivity contribution in [1.82, 2.24) is 15.1 Å². The lowest BCUT2D eigenvalue weighted by Crippen LogP contribution is -2.52. The van der Waals surface area contributed by atoms with Crippen LogP contribution in [0.25, 0.3) is 0 Å². The third-order valence-corrected chi connectivity index (χ3v) is 6.58. The topological polar surface area (TPSA) is 78.7 Å². The number of nitrogens with one attached hydrogen (secondary N) is 1. The Morgan fingerprint density at radius 1 is 1.04 bits per heavy atom. The van der Waals surface area contributed by atoms with Crippen molar-refractivity contribution >= 4 is 36.6 Å². The van der Waals surface area contributed by atoms with Crippen molar-refractivity contribution in [3.05, 3.63) is 0 Å². The first-order valence-electron chi connectivity index (χ1n) is 9.92. The molecule has 2 bridgehead atoms. The summed E-state index contributed by atoms with van der Waals surface area (Å²) in [5.74, 6) is 1.63. The molecule has 1 saturated heterocycles. The number of carbonyl (C=O) groups is 2. The van der Waals surface area contributed by atoms with Crippen molar-refractivity contribution in [3.8, 4) is 0 Å². The lowest BCUT2D eigenvalue weighted by Gasteiger charge is -2.44. The number of nitrogens with two attached hydrogens (primary N) is 1. The van der Waals surface area contributed by atoms with Gasteiger partial charge in [-0.05, 0) is 50.4 Å². The van der Waals surface area contributed by atoms with Gasteiger partial charge in [0, 0.05) is 45.2 Å². The minimum Gasteiger partial charge on any atom is -0.353 e. The van der Waals surface area contributed by atoms with E-state index < -0.39 is 0 Å². The summed E-state index contributed by atoms with van der Waals surface area (Å²) < 4.78 is 0. The van der Waals surface area contributed by atoms with Crippen LogP contribution < -0.4 is 11.1 Å². The van der Waals surface area contributed by atoms with Gasteiger partial charge >= 0.3 is 0 Å². The Labute approximate surface area is 175 Å². The molecule has 1 aliphatic heterocycles. The number of amides is 2. The minimum atomic E-state index is 0. The van der Waals surface area contributed by atoms with E-state index >= 15 is 0 Å². The fourth-order valence-electron chi connectivity index (χ4n) is 4.89. The van der Waals surface area contributed by atoms with Gasteiger partial charge in [0.05, 0.1) is 6.54 Å². The van der Waals surface area contributed by atoms with Crippen LogP contribution in [0.2, 0.25) is 0 Å². The molecule has 2 aliphatic carbocycles. The van der Waals surface area contributed by atoms with Gasteiger partial charge in [0.2, 0.25) is 11.8 Å². The maximum absolute atomic E-state index is 12.7. The van der Waals surface area contributed by atoms with E-state index in [1.54, 1.807) is 19.0 Å². The molecule has 2 atom stereocenters. The number of piperidine rings is 1. The van der Waals surface area contributed by atoms with Crippen LogP contribution in [0.3, 0.4) is 0 Å². The van der Waals surface area contributed by atoms with Crippen molar-refractivity contribution in [1.29, 1.82) is 0 Å². The Balaban J connectivity index is 0.00000182. The smallest absolute Gasteiger partial charge is 0.236 e. The molecule has 3 N–H and O–H groups in total. The first kappa shape index (κ1) is 24.5. The van der Waals surface area contributed by atoms with E-state index in [4.69, 9.17) is 5.73 Å². The van der Waals surface area contributed by atoms with Gasteiger partial charge in [0.25, 0.3) is 0 Å². The second-order valence-electron chi connectivity index (χ2n) is 8.54. The minimum absolute atomic E-state index is 0. The highest BCUT2D eigenvalue weighted by Crippen LogP contribution is 2.41. The van der Waals surface area contributed by atoms with E-state index in [2.05, 4.69) is 10.2 Å². The quantitative estimate of drug-likeness (QED) is 0.721. The van der Waals surface area contributed by atoms with Crippen LogP contribution in [0, 0.1) is 17.8 Å². The molecule has 0 aromatic carbocycles. The summed E-state index contributed by atoms with van der Waals surface area (Å²) in [6, 6.07) is 0.573. The number of likely N-dealkylation sites (N-methyl/N-ethyl adjacent to an activating group) is 1. The van der Waals surface area contributed by atoms with Crippen LogP contribution in [-0.2, 0) is 9.59 Å². The van der Waals surface area contributed by atoms with Crippen molar-refractivity contribution in [2.24, 2.45) is 23.5 Å². The molecule has 6 nitrogen and oxygen atoms in total. The maximum atomic E-state index is 12.7. The van der Waals surface area contributed by atoms with Crippen molar-refractivity contribution in [2.75, 3.05) is 33.7 Å². The normalized spacial score (nSPS) is 31.2. The summed E-state index contributed by atoms with van der Waals surface area (Å²) in [6.07, 6.45) is 7.48. The average molecular weight is 423 g/mol. The summed E-state index contributed by atoms with van der Waals surface area (Å²) in [4.78, 5) is 28.4. The lowest BCUT2D eigenvalue weighted by molar-refractivity contribution is -0.131. The van der Waals surface area contributed by atoms with Crippen LogP contribution in [0.1, 0.15) is 44.9 Å². The Kier molecular flexibility index (Phi) is 9.83. The highest BCUT2D eigenvalue weighted by atomic mass is 35.5. The second-order valence-corrected chi connectivity index (χ2v) is 8.54. The van der Waals surface area contributed by atoms with Gasteiger partial charge in [-0.2, -0.15) is 0 Å². The molecule has 158 valence electrons. The first-order chi connectivity index (χ1) is 11.9. The number of fused-ring (bicyclic) bond motifs is 2. The largest absolute Gasteiger partial charge is 0.353 e. The number of halogens is 2. The summed E-state index contributed by atoms with van der Waals surface area (Å²) >= 11 is 0. The lowest BCUT2D eigenvalue weighted by atomic mass is 9.65. The van der Waals surface area contributed by atoms with Crippen LogP contribution in [0.4, 0.5) is 0 Å². The Morgan fingerprint density at radius 2 is 1.59 bits per heavy atom. The zero-order valence-electron chi connectivity index (χ0n) is 16.6. The van der Waals surface area contributed by atoms with E-state index in [1.165, 1.54) is 19.3 Å². The first-order valence-corrected chi connectivity index (χ1v) is 9.92. The molecule has 27 heavy (non-hydrogen) atoms. The number of nitrogens with zero attached hydrogens (tertiary/aromatic N) is 2. The summed E-state index contributed by atoms with van der Waals surface area (Å²) in [5.41, 5.74) is 6.34. The summed E-state index contributed by atoms with van der Waals surface area (Å²) in [5, 5.41) is 3.29. The molecule has 0 aromatic heterocycles. The molecule has 2 amide bonds. The number of likely N-dealkylation sites (tertiary alicyclic amines) is 1. The highest BCUT2D eigenvalue weighted by molar-refractivity contribution is 5.85. The third-order valence-electron chi connectivity index (χ3n) is 6.58. The standard InChI is InChI=1S/C19H34N4O2.2ClH/c1-22(2)17(24)12-23-8-6-16(7-9-23)21-19(25)15-10-13-4-3-5-14(11-15)18(13)20;;/h13-16,18H,3-12,20H2,1-2H3,(H,21,25);2*1H. The average Bonchev–Trinajstić information content (AvgIpc) is 2.56. The van der Waals surface area contributed by atoms with E-state index in [0.29, 0.717) is 24.4 Å². The fraction of sp³-hybridized carbons (Fsp3) is 0.895. The number of hydrogen-bond acceptors (Lipinski definition) is 4. The summed E-state index contributed by atoms with van der Waals surface area (Å²) in [6.45, 7) is 2.24. The zero-order chi connectivity index (χ0) is 18.0. The predicted molar refractivity (Wildman–Crippen MR) is 112 cm³/mol. The van der Waals surface area contributed by atoms with Gasteiger partial charge in [0.1, 0.15) is 0 Å². The fourth-order valence-corrected chi connectivity index (χ4v) is 4.89. The number of rotatable bonds is 4. The van der Waals surface area contributed by atoms with Crippen molar-refractivity contribution in [3.63, 3.8) is 0 Å². The summed E-state index contributed by atoms with van der Waals surface area (Å²) in [7, 11) is 3.58. The molecule has 1 heterocycles. The van der Waals surface area contributed by atoms with E-state index in [0.717, 1.165) is 38.8 Å². The van der Waals surface area contributed by atoms with E-state index in [1.807, 2.05) is 0 Å². The second kappa shape index (κ2) is 10.8. The van der Waals surface area contributed by atoms with Gasteiger partial charge in [-0.3, -0.25) is 14.5 Å². The third kappa shape index (κ3) is 6.21. The molecule has 2 saturated carbocycles. The van der Waals surface area contributed by atoms with Crippen LogP contribution in [0.15, 0.2) is 0 Å². The molecule has 3 aliphatic rings. The van der Waals surface area contributed by atoms with Gasteiger partial charge in [-0.25, -0.2) is 0 Å². The maximum Gasteiger partial charge on any atom is 0.236 e. The number of carbonyl (C=O) groups excluding carboxylic acids is 2. The Hall–Kier alpha value is -0.560. The van der Waals surface area contributed by atoms with E-state index in [-0.39, 0.29) is 48.6 Å². The SMILES string of the molecule is CN(C)C(=O)CN1CCC(NC(=O)C2CC3CCCC(C2)C3N)CC1.Cl.Cl. The van der Waals surface area contributed by atoms with Gasteiger partial charge in [-0.1, -0.05) is 6.42 Å². The van der Waals surface area contributed by atoms with Crippen LogP contribution >= 0.6 is 24.8 Å². The molecule has 0 radical (unpaired) electrons. The Bertz CT molecular complexity index is 484. The van der Waals surface area contributed by atoms with Crippen LogP contribution in [0.5, 0.6) is 0 Å². The molecule has 8 heteroatoms. The molecular formula is C19H36Cl2N4O2. The van der Waals surface area contributed by atoms with Crippen molar-refractivity contribution < 1.29 is 9.59 Å². The molecule has 2 unspecified atom stereocenters. The van der Waals surface area contributed by atoms with E-state index in [9.17, 15) is 9.59 Å². The predicted octanol–water partition coefficient (Wildman–Crippen LogP) is 1.65. The highest BCUT2D eigenvalue weighted by Gasteiger charge is 2.40. The molecule has 0 aromatic rings. The molecular weight excluding hydrogens is 387 g/mol. The van der Waals surface area contributed by atoms with Crippen molar-refractivity contribution in [2.45, 2.75) is 57.0 Å². The Morgan fingerprint density at radius 3 is 2.11 bits per heavy atom. The monoisotopic (exact) mass is 422 g/mol. The van der Waals surface area contributed by atoms with Crippen LogP contribution in [-0.4, -0.2) is 67.4 Å².